The molecule has 0 saturated carbocycles. The number of rotatable bonds is 4. The van der Waals surface area contributed by atoms with E-state index in [1.54, 1.807) is 71.3 Å². The normalized spacial score (nSPS) is 15.0. The van der Waals surface area contributed by atoms with Crippen molar-refractivity contribution in [2.75, 3.05) is 0 Å². The first-order valence-electron chi connectivity index (χ1n) is 10.8. The molecule has 4 aromatic carbocycles. The van der Waals surface area contributed by atoms with E-state index in [0.717, 1.165) is 11.3 Å². The van der Waals surface area contributed by atoms with E-state index >= 15 is 0 Å². The van der Waals surface area contributed by atoms with Crippen LogP contribution >= 0.6 is 47.0 Å². The molecule has 0 saturated heterocycles. The highest BCUT2D eigenvalue weighted by Crippen LogP contribution is 2.41. The molecule has 172 valence electrons. The van der Waals surface area contributed by atoms with Gasteiger partial charge in [-0.1, -0.05) is 83.4 Å². The fourth-order valence-corrected chi connectivity index (χ4v) is 8.09. The Morgan fingerprint density at radius 1 is 0.686 bits per heavy atom. The Balaban J connectivity index is 1.52. The number of ether oxygens (including phenoxy) is 1. The summed E-state index contributed by atoms with van der Waals surface area (Å²) in [4.78, 5) is 11.1. The summed E-state index contributed by atoms with van der Waals surface area (Å²) < 4.78 is 8.74. The molecule has 0 fully saturated rings. The van der Waals surface area contributed by atoms with Crippen molar-refractivity contribution < 1.29 is 14.6 Å². The van der Waals surface area contributed by atoms with Crippen LogP contribution in [0.1, 0.15) is 15.9 Å². The predicted molar refractivity (Wildman–Crippen MR) is 154 cm³/mol. The molecule has 3 nitrogen and oxygen atoms in total. The highest BCUT2D eigenvalue weighted by molar-refractivity contribution is 8.35. The van der Waals surface area contributed by atoms with Crippen LogP contribution in [0.25, 0.3) is 30.0 Å². The van der Waals surface area contributed by atoms with Crippen LogP contribution in [0.2, 0.25) is 0 Å². The maximum atomic E-state index is 11.1. The quantitative estimate of drug-likeness (QED) is 0.278. The molecule has 2 aliphatic rings. The number of carbonyl (C=O) groups is 1. The fourth-order valence-electron chi connectivity index (χ4n) is 4.25. The van der Waals surface area contributed by atoms with Crippen molar-refractivity contribution in [1.82, 2.24) is 0 Å². The maximum Gasteiger partial charge on any atom is 0.335 e. The van der Waals surface area contributed by atoms with Crippen molar-refractivity contribution in [2.24, 2.45) is 0 Å². The topological polar surface area (TPSA) is 46.5 Å². The lowest BCUT2D eigenvalue weighted by molar-refractivity contribution is 0.0697. The molecular formula is C28H18O3S4. The highest BCUT2D eigenvalue weighted by Gasteiger charge is 2.16. The van der Waals surface area contributed by atoms with Gasteiger partial charge in [0.15, 0.2) is 0 Å². The standard InChI is InChI=1S/C28H18O3S4/c29-26(30)18-7-5-17(6-8-18)16-31-19-9-10-22-23(15-19)25(28-34-13-14-35-28)21-4-2-1-3-20(21)24(22)27-32-11-12-33-27/h1-15H,16H2,(H,29,30). The zero-order valence-corrected chi connectivity index (χ0v) is 21.5. The van der Waals surface area contributed by atoms with Gasteiger partial charge in [-0.2, -0.15) is 0 Å². The number of hydrogen-bond acceptors (Lipinski definition) is 6. The van der Waals surface area contributed by atoms with E-state index in [2.05, 4.69) is 58.0 Å². The summed E-state index contributed by atoms with van der Waals surface area (Å²) in [7, 11) is 0. The van der Waals surface area contributed by atoms with Crippen molar-refractivity contribution in [3.63, 3.8) is 0 Å². The summed E-state index contributed by atoms with van der Waals surface area (Å²) in [6.45, 7) is 0.371. The zero-order chi connectivity index (χ0) is 23.8. The van der Waals surface area contributed by atoms with Crippen LogP contribution in [0.5, 0.6) is 5.75 Å². The van der Waals surface area contributed by atoms with Gasteiger partial charge >= 0.3 is 5.97 Å². The summed E-state index contributed by atoms with van der Waals surface area (Å²) in [6.07, 6.45) is 0. The van der Waals surface area contributed by atoms with Gasteiger partial charge in [0, 0.05) is 10.4 Å². The number of carboxylic acid groups (broad SMARTS) is 1. The highest BCUT2D eigenvalue weighted by atomic mass is 32.2. The Bertz CT molecular complexity index is 1650. The third-order valence-electron chi connectivity index (χ3n) is 5.82. The Labute approximate surface area is 219 Å². The summed E-state index contributed by atoms with van der Waals surface area (Å²) in [5.41, 5.74) is 1.20. The van der Waals surface area contributed by atoms with Gasteiger partial charge in [0.25, 0.3) is 0 Å². The molecule has 35 heavy (non-hydrogen) atoms. The minimum Gasteiger partial charge on any atom is -0.489 e. The second-order valence-corrected chi connectivity index (χ2v) is 12.1. The molecule has 2 heterocycles. The first kappa shape index (κ1) is 22.7. The van der Waals surface area contributed by atoms with Crippen LogP contribution in [0, 0.1) is 0 Å². The van der Waals surface area contributed by atoms with Crippen molar-refractivity contribution in [3.05, 3.63) is 110 Å². The van der Waals surface area contributed by atoms with Gasteiger partial charge in [-0.05, 0) is 79.1 Å². The van der Waals surface area contributed by atoms with Gasteiger partial charge in [0.1, 0.15) is 12.4 Å². The molecule has 2 aliphatic heterocycles. The first-order chi connectivity index (χ1) is 17.2. The van der Waals surface area contributed by atoms with Gasteiger partial charge in [0.05, 0.1) is 14.0 Å². The van der Waals surface area contributed by atoms with E-state index in [0.29, 0.717) is 6.61 Å². The number of hydrogen-bond donors (Lipinski definition) is 1. The third kappa shape index (κ3) is 4.38. The number of fused-ring (bicyclic) bond motifs is 2. The minimum atomic E-state index is -0.927. The van der Waals surface area contributed by atoms with E-state index in [1.807, 2.05) is 6.07 Å². The van der Waals surface area contributed by atoms with Crippen molar-refractivity contribution in [2.45, 2.75) is 6.61 Å². The molecule has 7 heteroatoms. The van der Waals surface area contributed by atoms with E-state index < -0.39 is 5.97 Å². The van der Waals surface area contributed by atoms with Gasteiger partial charge in [-0.15, -0.1) is 0 Å². The maximum absolute atomic E-state index is 11.1. The number of thioether (sulfide) groups is 4. The van der Waals surface area contributed by atoms with E-state index in [-0.39, 0.29) is 5.56 Å². The number of carboxylic acids is 1. The van der Waals surface area contributed by atoms with E-state index in [9.17, 15) is 4.79 Å². The van der Waals surface area contributed by atoms with Crippen LogP contribution in [-0.4, -0.2) is 11.1 Å². The molecule has 4 aromatic rings. The van der Waals surface area contributed by atoms with Crippen LogP contribution < -0.4 is 15.2 Å². The molecule has 0 aromatic heterocycles. The van der Waals surface area contributed by atoms with Gasteiger partial charge in [-0.25, -0.2) is 4.79 Å². The monoisotopic (exact) mass is 530 g/mol. The molecular weight excluding hydrogens is 513 g/mol. The van der Waals surface area contributed by atoms with Gasteiger partial charge < -0.3 is 9.84 Å². The van der Waals surface area contributed by atoms with Crippen LogP contribution in [-0.2, 0) is 6.61 Å². The van der Waals surface area contributed by atoms with Crippen LogP contribution in [0.15, 0.2) is 88.4 Å². The van der Waals surface area contributed by atoms with Gasteiger partial charge in [0.2, 0.25) is 0 Å². The second-order valence-electron chi connectivity index (χ2n) is 7.88. The Morgan fingerprint density at radius 2 is 1.23 bits per heavy atom. The Morgan fingerprint density at radius 3 is 1.80 bits per heavy atom. The zero-order valence-electron chi connectivity index (χ0n) is 18.3. The summed E-state index contributed by atoms with van der Waals surface area (Å²) >= 11 is 7.08. The summed E-state index contributed by atoms with van der Waals surface area (Å²) in [5.74, 6) is -0.137. The molecule has 0 radical (unpaired) electrons. The minimum absolute atomic E-state index is 0.273. The lowest BCUT2D eigenvalue weighted by Crippen LogP contribution is -2.17. The lowest BCUT2D eigenvalue weighted by Gasteiger charge is -2.13. The molecule has 0 atom stereocenters. The van der Waals surface area contributed by atoms with E-state index in [1.165, 1.54) is 40.5 Å². The van der Waals surface area contributed by atoms with E-state index in [4.69, 9.17) is 9.84 Å². The van der Waals surface area contributed by atoms with Crippen molar-refractivity contribution in [3.8, 4) is 5.75 Å². The first-order valence-corrected chi connectivity index (χ1v) is 14.4. The summed E-state index contributed by atoms with van der Waals surface area (Å²) in [5, 5.41) is 25.1. The smallest absolute Gasteiger partial charge is 0.335 e. The molecule has 0 aliphatic carbocycles. The van der Waals surface area contributed by atoms with Crippen molar-refractivity contribution in [1.29, 1.82) is 0 Å². The molecule has 0 bridgehead atoms. The lowest BCUT2D eigenvalue weighted by atomic mass is 9.98. The second kappa shape index (κ2) is 9.74. The Hall–Kier alpha value is -2.71. The average Bonchev–Trinajstić information content (AvgIpc) is 3.61. The van der Waals surface area contributed by atoms with Crippen LogP contribution in [0.4, 0.5) is 0 Å². The molecule has 0 spiro atoms. The molecule has 0 unspecified atom stereocenters. The summed E-state index contributed by atoms with van der Waals surface area (Å²) in [6, 6.07) is 21.8. The van der Waals surface area contributed by atoms with Crippen LogP contribution in [0.3, 0.4) is 0 Å². The van der Waals surface area contributed by atoms with Gasteiger partial charge in [-0.3, -0.25) is 0 Å². The van der Waals surface area contributed by atoms with Crippen molar-refractivity contribution >= 4 is 83.0 Å². The third-order valence-corrected chi connectivity index (χ3v) is 10.1. The SMILES string of the molecule is O=C(O)c1ccc(COc2ccc3c(=C4SC=CS4)c4ccccc4c(=C4SC=CS4)c3c2)cc1. The molecule has 6 rings (SSSR count). The number of benzene rings is 4. The predicted octanol–water partition coefficient (Wildman–Crippen LogP) is 7.30. The number of aromatic carboxylic acids is 1. The molecule has 0 amide bonds. The largest absolute Gasteiger partial charge is 0.489 e. The molecule has 1 N–H and O–H groups in total. The Kier molecular flexibility index (Phi) is 6.33. The average molecular weight is 531 g/mol. The fraction of sp³-hybridized carbons (Fsp3) is 0.0357.